The number of aryl methyl sites for hydroxylation is 1. The second-order valence-electron chi connectivity index (χ2n) is 5.61. The van der Waals surface area contributed by atoms with Gasteiger partial charge in [0.05, 0.1) is 6.10 Å². The van der Waals surface area contributed by atoms with Gasteiger partial charge in [-0.15, -0.1) is 0 Å². The molecule has 0 bridgehead atoms. The van der Waals surface area contributed by atoms with Crippen LogP contribution >= 0.6 is 0 Å². The Balaban J connectivity index is 1.82. The van der Waals surface area contributed by atoms with Crippen molar-refractivity contribution in [1.82, 2.24) is 4.90 Å². The van der Waals surface area contributed by atoms with E-state index >= 15 is 0 Å². The lowest BCUT2D eigenvalue weighted by Gasteiger charge is -2.21. The van der Waals surface area contributed by atoms with E-state index in [1.165, 1.54) is 11.1 Å². The SMILES string of the molecule is CCc1ccc([C@@H](O)CN(C)CCc2ccccc2)cc1. The van der Waals surface area contributed by atoms with E-state index in [1.54, 1.807) is 0 Å². The van der Waals surface area contributed by atoms with Crippen LogP contribution in [0.1, 0.15) is 29.7 Å². The van der Waals surface area contributed by atoms with Crippen LogP contribution in [-0.4, -0.2) is 30.1 Å². The molecule has 2 rings (SSSR count). The summed E-state index contributed by atoms with van der Waals surface area (Å²) in [7, 11) is 2.06. The molecule has 0 saturated heterocycles. The predicted molar refractivity (Wildman–Crippen MR) is 88.4 cm³/mol. The third-order valence-corrected chi connectivity index (χ3v) is 3.88. The third kappa shape index (κ3) is 5.00. The second kappa shape index (κ2) is 7.96. The van der Waals surface area contributed by atoms with Crippen molar-refractivity contribution in [3.63, 3.8) is 0 Å². The molecule has 2 aromatic carbocycles. The fraction of sp³-hybridized carbons (Fsp3) is 0.368. The molecule has 0 spiro atoms. The van der Waals surface area contributed by atoms with Gasteiger partial charge in [0.1, 0.15) is 0 Å². The molecule has 0 unspecified atom stereocenters. The maximum absolute atomic E-state index is 10.3. The van der Waals surface area contributed by atoms with Crippen molar-refractivity contribution < 1.29 is 5.11 Å². The number of benzene rings is 2. The van der Waals surface area contributed by atoms with Gasteiger partial charge in [-0.1, -0.05) is 61.5 Å². The molecule has 0 aliphatic heterocycles. The Morgan fingerprint density at radius 2 is 1.62 bits per heavy atom. The normalized spacial score (nSPS) is 12.6. The summed E-state index contributed by atoms with van der Waals surface area (Å²) in [6.07, 6.45) is 1.63. The topological polar surface area (TPSA) is 23.5 Å². The molecule has 2 heteroatoms. The van der Waals surface area contributed by atoms with Crippen LogP contribution in [0.15, 0.2) is 54.6 Å². The van der Waals surface area contributed by atoms with Crippen LogP contribution in [-0.2, 0) is 12.8 Å². The number of likely N-dealkylation sites (N-methyl/N-ethyl adjacent to an activating group) is 1. The zero-order valence-corrected chi connectivity index (χ0v) is 13.0. The average Bonchev–Trinajstić information content (AvgIpc) is 2.54. The highest BCUT2D eigenvalue weighted by Gasteiger charge is 2.10. The minimum absolute atomic E-state index is 0.420. The summed E-state index contributed by atoms with van der Waals surface area (Å²) in [5, 5.41) is 10.3. The van der Waals surface area contributed by atoms with Crippen molar-refractivity contribution >= 4 is 0 Å². The van der Waals surface area contributed by atoms with Gasteiger partial charge in [-0.25, -0.2) is 0 Å². The molecule has 2 aromatic rings. The first-order valence-electron chi connectivity index (χ1n) is 7.68. The van der Waals surface area contributed by atoms with Crippen LogP contribution in [0, 0.1) is 0 Å². The van der Waals surface area contributed by atoms with E-state index in [0.29, 0.717) is 6.54 Å². The standard InChI is InChI=1S/C19H25NO/c1-3-16-9-11-18(12-10-16)19(21)15-20(2)14-13-17-7-5-4-6-8-17/h4-12,19,21H,3,13-15H2,1-2H3/t19-/m0/s1. The Bertz CT molecular complexity index is 521. The number of nitrogens with zero attached hydrogens (tertiary/aromatic N) is 1. The second-order valence-corrected chi connectivity index (χ2v) is 5.61. The number of hydrogen-bond acceptors (Lipinski definition) is 2. The minimum Gasteiger partial charge on any atom is -0.387 e. The lowest BCUT2D eigenvalue weighted by Crippen LogP contribution is -2.26. The van der Waals surface area contributed by atoms with Gasteiger partial charge < -0.3 is 10.0 Å². The summed E-state index contributed by atoms with van der Waals surface area (Å²) in [6.45, 7) is 3.76. The van der Waals surface area contributed by atoms with Crippen LogP contribution in [0.25, 0.3) is 0 Å². The van der Waals surface area contributed by atoms with Crippen LogP contribution < -0.4 is 0 Å². The maximum Gasteiger partial charge on any atom is 0.0916 e. The zero-order chi connectivity index (χ0) is 15.1. The van der Waals surface area contributed by atoms with E-state index in [9.17, 15) is 5.11 Å². The van der Waals surface area contributed by atoms with Crippen LogP contribution in [0.4, 0.5) is 0 Å². The molecule has 0 saturated carbocycles. The summed E-state index contributed by atoms with van der Waals surface area (Å²) in [5.41, 5.74) is 3.65. The third-order valence-electron chi connectivity index (χ3n) is 3.88. The molecular weight excluding hydrogens is 258 g/mol. The summed E-state index contributed by atoms with van der Waals surface area (Å²) >= 11 is 0. The van der Waals surface area contributed by atoms with Gasteiger partial charge in [0, 0.05) is 13.1 Å². The van der Waals surface area contributed by atoms with Crippen molar-refractivity contribution in [3.8, 4) is 0 Å². The Morgan fingerprint density at radius 3 is 2.24 bits per heavy atom. The molecule has 2 nitrogen and oxygen atoms in total. The van der Waals surface area contributed by atoms with E-state index in [1.807, 2.05) is 18.2 Å². The van der Waals surface area contributed by atoms with E-state index in [2.05, 4.69) is 55.3 Å². The first-order chi connectivity index (χ1) is 10.2. The summed E-state index contributed by atoms with van der Waals surface area (Å²) in [6, 6.07) is 18.7. The van der Waals surface area contributed by atoms with Gasteiger partial charge >= 0.3 is 0 Å². The number of aliphatic hydroxyl groups is 1. The Kier molecular flexibility index (Phi) is 5.97. The van der Waals surface area contributed by atoms with E-state index in [-0.39, 0.29) is 0 Å². The summed E-state index contributed by atoms with van der Waals surface area (Å²) in [4.78, 5) is 2.19. The molecule has 0 aliphatic rings. The quantitative estimate of drug-likeness (QED) is 0.841. The number of aliphatic hydroxyl groups excluding tert-OH is 1. The monoisotopic (exact) mass is 283 g/mol. The van der Waals surface area contributed by atoms with Crippen molar-refractivity contribution in [2.24, 2.45) is 0 Å². The van der Waals surface area contributed by atoms with Gasteiger partial charge in [-0.05, 0) is 36.6 Å². The van der Waals surface area contributed by atoms with Crippen LogP contribution in [0.5, 0.6) is 0 Å². The van der Waals surface area contributed by atoms with E-state index < -0.39 is 6.10 Å². The summed E-state index contributed by atoms with van der Waals surface area (Å²) < 4.78 is 0. The van der Waals surface area contributed by atoms with Crippen molar-refractivity contribution in [3.05, 3.63) is 71.3 Å². The average molecular weight is 283 g/mol. The molecule has 0 fully saturated rings. The highest BCUT2D eigenvalue weighted by molar-refractivity contribution is 5.24. The first-order valence-corrected chi connectivity index (χ1v) is 7.68. The Hall–Kier alpha value is -1.64. The van der Waals surface area contributed by atoms with Crippen LogP contribution in [0.2, 0.25) is 0 Å². The molecule has 112 valence electrons. The molecule has 1 N–H and O–H groups in total. The summed E-state index contributed by atoms with van der Waals surface area (Å²) in [5.74, 6) is 0. The maximum atomic E-state index is 10.3. The Morgan fingerprint density at radius 1 is 0.952 bits per heavy atom. The minimum atomic E-state index is -0.420. The van der Waals surface area contributed by atoms with Crippen LogP contribution in [0.3, 0.4) is 0 Å². The fourth-order valence-electron chi connectivity index (χ4n) is 2.43. The van der Waals surface area contributed by atoms with Gasteiger partial charge in [-0.3, -0.25) is 0 Å². The van der Waals surface area contributed by atoms with Gasteiger partial charge in [0.25, 0.3) is 0 Å². The molecule has 0 heterocycles. The van der Waals surface area contributed by atoms with Gasteiger partial charge in [-0.2, -0.15) is 0 Å². The van der Waals surface area contributed by atoms with Crippen molar-refractivity contribution in [2.75, 3.05) is 20.1 Å². The lowest BCUT2D eigenvalue weighted by atomic mass is 10.1. The van der Waals surface area contributed by atoms with E-state index in [4.69, 9.17) is 0 Å². The van der Waals surface area contributed by atoms with E-state index in [0.717, 1.165) is 24.9 Å². The number of rotatable bonds is 7. The van der Waals surface area contributed by atoms with Gasteiger partial charge in [0.15, 0.2) is 0 Å². The molecule has 0 radical (unpaired) electrons. The Labute approximate surface area is 128 Å². The number of hydrogen-bond donors (Lipinski definition) is 1. The molecule has 0 aromatic heterocycles. The lowest BCUT2D eigenvalue weighted by molar-refractivity contribution is 0.127. The first kappa shape index (κ1) is 15.7. The highest BCUT2D eigenvalue weighted by atomic mass is 16.3. The smallest absolute Gasteiger partial charge is 0.0916 e. The predicted octanol–water partition coefficient (Wildman–Crippen LogP) is 3.46. The molecule has 1 atom stereocenters. The highest BCUT2D eigenvalue weighted by Crippen LogP contribution is 2.15. The molecule has 21 heavy (non-hydrogen) atoms. The van der Waals surface area contributed by atoms with Crippen molar-refractivity contribution in [1.29, 1.82) is 0 Å². The molecule has 0 aliphatic carbocycles. The molecule has 0 amide bonds. The van der Waals surface area contributed by atoms with Crippen molar-refractivity contribution in [2.45, 2.75) is 25.9 Å². The largest absolute Gasteiger partial charge is 0.387 e. The fourth-order valence-corrected chi connectivity index (χ4v) is 2.43. The molecular formula is C19H25NO. The van der Waals surface area contributed by atoms with Gasteiger partial charge in [0.2, 0.25) is 0 Å². The zero-order valence-electron chi connectivity index (χ0n) is 13.0.